The van der Waals surface area contributed by atoms with Gasteiger partial charge in [0.1, 0.15) is 0 Å². The maximum atomic E-state index is 11.3. The Labute approximate surface area is 90.9 Å². The molecule has 3 heteroatoms. The maximum absolute atomic E-state index is 11.3. The Kier molecular flexibility index (Phi) is 3.86. The lowest BCUT2D eigenvalue weighted by Crippen LogP contribution is -2.32. The fourth-order valence-electron chi connectivity index (χ4n) is 1.36. The van der Waals surface area contributed by atoms with Crippen LogP contribution in [0.25, 0.3) is 0 Å². The number of rotatable bonds is 3. The molecule has 0 unspecified atom stereocenters. The molecule has 1 aromatic rings. The molecule has 1 aromatic carbocycles. The van der Waals surface area contributed by atoms with E-state index < -0.39 is 0 Å². The van der Waals surface area contributed by atoms with E-state index in [1.54, 1.807) is 11.9 Å². The average molecular weight is 206 g/mol. The predicted molar refractivity (Wildman–Crippen MR) is 63.0 cm³/mol. The Bertz CT molecular complexity index is 330. The number of carbonyl (C=O) groups is 1. The van der Waals surface area contributed by atoms with Crippen molar-refractivity contribution in [3.8, 4) is 0 Å². The van der Waals surface area contributed by atoms with Gasteiger partial charge >= 0.3 is 0 Å². The quantitative estimate of drug-likeness (QED) is 0.818. The first kappa shape index (κ1) is 11.7. The van der Waals surface area contributed by atoms with Crippen molar-refractivity contribution >= 4 is 11.6 Å². The van der Waals surface area contributed by atoms with E-state index in [0.717, 1.165) is 5.69 Å². The average Bonchev–Trinajstić information content (AvgIpc) is 2.27. The van der Waals surface area contributed by atoms with Crippen molar-refractivity contribution in [1.29, 1.82) is 0 Å². The molecule has 82 valence electrons. The summed E-state index contributed by atoms with van der Waals surface area (Å²) in [5, 5.41) is 0. The zero-order valence-corrected chi connectivity index (χ0v) is 9.53. The van der Waals surface area contributed by atoms with Gasteiger partial charge in [-0.25, -0.2) is 0 Å². The number of carbonyl (C=O) groups excluding carboxylic acids is 1. The van der Waals surface area contributed by atoms with E-state index in [0.29, 0.717) is 5.92 Å². The van der Waals surface area contributed by atoms with E-state index in [1.807, 2.05) is 24.3 Å². The lowest BCUT2D eigenvalue weighted by molar-refractivity contribution is -0.117. The number of hydrogen-bond donors (Lipinski definition) is 1. The van der Waals surface area contributed by atoms with Crippen molar-refractivity contribution in [2.24, 2.45) is 5.73 Å². The largest absolute Gasteiger partial charge is 0.322 e. The van der Waals surface area contributed by atoms with Gasteiger partial charge in [-0.1, -0.05) is 26.0 Å². The highest BCUT2D eigenvalue weighted by Crippen LogP contribution is 2.19. The van der Waals surface area contributed by atoms with E-state index in [-0.39, 0.29) is 12.5 Å². The third-order valence-electron chi connectivity index (χ3n) is 2.50. The highest BCUT2D eigenvalue weighted by atomic mass is 16.2. The van der Waals surface area contributed by atoms with Crippen molar-refractivity contribution < 1.29 is 4.79 Å². The molecular formula is C12H18N2O. The maximum Gasteiger partial charge on any atom is 0.240 e. The Hall–Kier alpha value is -1.35. The summed E-state index contributed by atoms with van der Waals surface area (Å²) in [6.07, 6.45) is 0. The smallest absolute Gasteiger partial charge is 0.240 e. The molecule has 0 heterocycles. The normalized spacial score (nSPS) is 10.5. The van der Waals surface area contributed by atoms with Crippen molar-refractivity contribution in [2.45, 2.75) is 19.8 Å². The van der Waals surface area contributed by atoms with Gasteiger partial charge in [0.2, 0.25) is 5.91 Å². The van der Waals surface area contributed by atoms with E-state index in [1.165, 1.54) is 5.56 Å². The molecule has 0 aliphatic rings. The highest BCUT2D eigenvalue weighted by Gasteiger charge is 2.08. The molecule has 0 radical (unpaired) electrons. The predicted octanol–water partition coefficient (Wildman–Crippen LogP) is 1.73. The summed E-state index contributed by atoms with van der Waals surface area (Å²) < 4.78 is 0. The van der Waals surface area contributed by atoms with Crippen LogP contribution < -0.4 is 10.6 Å². The van der Waals surface area contributed by atoms with E-state index in [4.69, 9.17) is 5.73 Å². The standard InChI is InChI=1S/C12H18N2O/c1-9(2)10-4-6-11(7-5-10)14(3)12(15)8-13/h4-7,9H,8,13H2,1-3H3. The molecule has 2 N–H and O–H groups in total. The topological polar surface area (TPSA) is 46.3 Å². The lowest BCUT2D eigenvalue weighted by Gasteiger charge is -2.17. The van der Waals surface area contributed by atoms with Crippen molar-refractivity contribution in [3.05, 3.63) is 29.8 Å². The number of likely N-dealkylation sites (N-methyl/N-ethyl adjacent to an activating group) is 1. The molecular weight excluding hydrogens is 188 g/mol. The van der Waals surface area contributed by atoms with Gasteiger partial charge in [0.15, 0.2) is 0 Å². The Balaban J connectivity index is 2.84. The number of anilines is 1. The Morgan fingerprint density at radius 2 is 1.87 bits per heavy atom. The van der Waals surface area contributed by atoms with Gasteiger partial charge in [0, 0.05) is 12.7 Å². The molecule has 0 aliphatic carbocycles. The zero-order valence-electron chi connectivity index (χ0n) is 9.53. The second-order valence-corrected chi connectivity index (χ2v) is 3.90. The number of nitrogens with two attached hydrogens (primary N) is 1. The third kappa shape index (κ3) is 2.80. The van der Waals surface area contributed by atoms with Crippen LogP contribution in [-0.2, 0) is 4.79 Å². The number of hydrogen-bond acceptors (Lipinski definition) is 2. The summed E-state index contributed by atoms with van der Waals surface area (Å²) in [4.78, 5) is 12.9. The minimum atomic E-state index is -0.0766. The van der Waals surface area contributed by atoms with Gasteiger partial charge in [-0.2, -0.15) is 0 Å². The lowest BCUT2D eigenvalue weighted by atomic mass is 10.0. The summed E-state index contributed by atoms with van der Waals surface area (Å²) in [6, 6.07) is 7.98. The van der Waals surface area contributed by atoms with Crippen LogP contribution in [-0.4, -0.2) is 19.5 Å². The summed E-state index contributed by atoms with van der Waals surface area (Å²) in [5.41, 5.74) is 7.45. The van der Waals surface area contributed by atoms with E-state index in [2.05, 4.69) is 13.8 Å². The van der Waals surface area contributed by atoms with Gasteiger partial charge in [-0.15, -0.1) is 0 Å². The molecule has 0 saturated carbocycles. The van der Waals surface area contributed by atoms with Crippen LogP contribution in [0.2, 0.25) is 0 Å². The molecule has 0 saturated heterocycles. The minimum absolute atomic E-state index is 0.0441. The van der Waals surface area contributed by atoms with Gasteiger partial charge in [0.25, 0.3) is 0 Å². The van der Waals surface area contributed by atoms with Gasteiger partial charge in [0.05, 0.1) is 6.54 Å². The van der Waals surface area contributed by atoms with E-state index >= 15 is 0 Å². The molecule has 1 amide bonds. The Morgan fingerprint density at radius 1 is 1.33 bits per heavy atom. The SMILES string of the molecule is CC(C)c1ccc(N(C)C(=O)CN)cc1. The zero-order chi connectivity index (χ0) is 11.4. The minimum Gasteiger partial charge on any atom is -0.322 e. The van der Waals surface area contributed by atoms with Crippen LogP contribution in [0.1, 0.15) is 25.3 Å². The fourth-order valence-corrected chi connectivity index (χ4v) is 1.36. The number of amides is 1. The number of nitrogens with zero attached hydrogens (tertiary/aromatic N) is 1. The van der Waals surface area contributed by atoms with Crippen LogP contribution in [0.5, 0.6) is 0 Å². The van der Waals surface area contributed by atoms with Gasteiger partial charge < -0.3 is 10.6 Å². The third-order valence-corrected chi connectivity index (χ3v) is 2.50. The van der Waals surface area contributed by atoms with Crippen LogP contribution in [0, 0.1) is 0 Å². The van der Waals surface area contributed by atoms with Crippen LogP contribution in [0.4, 0.5) is 5.69 Å². The first-order valence-corrected chi connectivity index (χ1v) is 5.13. The molecule has 1 rings (SSSR count). The monoisotopic (exact) mass is 206 g/mol. The second kappa shape index (κ2) is 4.94. The summed E-state index contributed by atoms with van der Waals surface area (Å²) in [7, 11) is 1.74. The molecule has 0 aromatic heterocycles. The first-order chi connectivity index (χ1) is 7.06. The van der Waals surface area contributed by atoms with Crippen LogP contribution in [0.15, 0.2) is 24.3 Å². The van der Waals surface area contributed by atoms with Gasteiger partial charge in [-0.05, 0) is 23.6 Å². The summed E-state index contributed by atoms with van der Waals surface area (Å²) in [6.45, 7) is 4.33. The highest BCUT2D eigenvalue weighted by molar-refractivity contribution is 5.94. The van der Waals surface area contributed by atoms with E-state index in [9.17, 15) is 4.79 Å². The van der Waals surface area contributed by atoms with Crippen LogP contribution in [0.3, 0.4) is 0 Å². The second-order valence-electron chi connectivity index (χ2n) is 3.90. The van der Waals surface area contributed by atoms with Crippen molar-refractivity contribution in [3.63, 3.8) is 0 Å². The molecule has 3 nitrogen and oxygen atoms in total. The van der Waals surface area contributed by atoms with Crippen LogP contribution >= 0.6 is 0 Å². The van der Waals surface area contributed by atoms with Crippen molar-refractivity contribution in [1.82, 2.24) is 0 Å². The van der Waals surface area contributed by atoms with Gasteiger partial charge in [-0.3, -0.25) is 4.79 Å². The Morgan fingerprint density at radius 3 is 2.27 bits per heavy atom. The van der Waals surface area contributed by atoms with Crippen molar-refractivity contribution in [2.75, 3.05) is 18.5 Å². The molecule has 0 atom stereocenters. The molecule has 0 aliphatic heterocycles. The number of benzene rings is 1. The molecule has 0 spiro atoms. The summed E-state index contributed by atoms with van der Waals surface area (Å²) in [5.74, 6) is 0.432. The summed E-state index contributed by atoms with van der Waals surface area (Å²) >= 11 is 0. The molecule has 0 bridgehead atoms. The first-order valence-electron chi connectivity index (χ1n) is 5.13. The molecule has 0 fully saturated rings. The fraction of sp³-hybridized carbons (Fsp3) is 0.417. The molecule has 15 heavy (non-hydrogen) atoms.